The lowest BCUT2D eigenvalue weighted by Crippen LogP contribution is -2.28. The Labute approximate surface area is 99.8 Å². The van der Waals surface area contributed by atoms with Crippen LogP contribution in [0.1, 0.15) is 18.5 Å². The Morgan fingerprint density at radius 3 is 2.81 bits per heavy atom. The maximum Gasteiger partial charge on any atom is 0.230 e. The minimum Gasteiger partial charge on any atom is -0.349 e. The lowest BCUT2D eigenvalue weighted by Gasteiger charge is -2.13. The molecule has 0 fully saturated rings. The van der Waals surface area contributed by atoms with Crippen LogP contribution in [0.5, 0.6) is 0 Å². The number of thioether (sulfide) groups is 1. The standard InChI is InChI=1S/C12H14N2OS/c1-10(11-5-3-2-4-6-11)14-12(15)9-16-8-7-13/h2-6,10H,8-9H2,1H3,(H,14,15)/t10-/m0/s1. The fourth-order valence-electron chi connectivity index (χ4n) is 1.30. The van der Waals surface area contributed by atoms with Crippen molar-refractivity contribution in [3.05, 3.63) is 35.9 Å². The van der Waals surface area contributed by atoms with Crippen molar-refractivity contribution in [2.24, 2.45) is 0 Å². The van der Waals surface area contributed by atoms with Crippen LogP contribution in [-0.4, -0.2) is 17.4 Å². The van der Waals surface area contributed by atoms with Crippen LogP contribution in [0, 0.1) is 11.3 Å². The summed E-state index contributed by atoms with van der Waals surface area (Å²) in [6, 6.07) is 11.8. The molecule has 1 aromatic carbocycles. The quantitative estimate of drug-likeness (QED) is 0.794. The molecule has 0 aliphatic heterocycles. The molecular weight excluding hydrogens is 220 g/mol. The average molecular weight is 234 g/mol. The molecule has 1 atom stereocenters. The number of rotatable bonds is 5. The molecule has 1 rings (SSSR count). The van der Waals surface area contributed by atoms with Crippen molar-refractivity contribution in [3.63, 3.8) is 0 Å². The fraction of sp³-hybridized carbons (Fsp3) is 0.333. The van der Waals surface area contributed by atoms with Gasteiger partial charge >= 0.3 is 0 Å². The number of carbonyl (C=O) groups is 1. The molecule has 0 saturated heterocycles. The molecule has 0 saturated carbocycles. The zero-order valence-electron chi connectivity index (χ0n) is 9.14. The predicted molar refractivity (Wildman–Crippen MR) is 65.9 cm³/mol. The first-order valence-electron chi connectivity index (χ1n) is 5.03. The summed E-state index contributed by atoms with van der Waals surface area (Å²) >= 11 is 1.33. The summed E-state index contributed by atoms with van der Waals surface area (Å²) in [6.45, 7) is 1.95. The van der Waals surface area contributed by atoms with E-state index in [-0.39, 0.29) is 11.9 Å². The lowest BCUT2D eigenvalue weighted by atomic mass is 10.1. The highest BCUT2D eigenvalue weighted by molar-refractivity contribution is 8.00. The predicted octanol–water partition coefficient (Wildman–Crippen LogP) is 2.12. The summed E-state index contributed by atoms with van der Waals surface area (Å²) in [7, 11) is 0. The van der Waals surface area contributed by atoms with E-state index in [1.54, 1.807) is 0 Å². The van der Waals surface area contributed by atoms with E-state index in [4.69, 9.17) is 5.26 Å². The van der Waals surface area contributed by atoms with Gasteiger partial charge in [-0.3, -0.25) is 4.79 Å². The minimum absolute atomic E-state index is 0.0105. The van der Waals surface area contributed by atoms with Gasteiger partial charge in [0.25, 0.3) is 0 Å². The molecule has 0 bridgehead atoms. The number of benzene rings is 1. The Balaban J connectivity index is 2.37. The first kappa shape index (κ1) is 12.6. The van der Waals surface area contributed by atoms with Crippen molar-refractivity contribution in [2.45, 2.75) is 13.0 Å². The molecule has 4 heteroatoms. The fourth-order valence-corrected chi connectivity index (χ4v) is 1.76. The van der Waals surface area contributed by atoms with Crippen LogP contribution >= 0.6 is 11.8 Å². The maximum atomic E-state index is 11.5. The van der Waals surface area contributed by atoms with Gasteiger partial charge in [-0.15, -0.1) is 11.8 Å². The van der Waals surface area contributed by atoms with Gasteiger partial charge in [-0.2, -0.15) is 5.26 Å². The highest BCUT2D eigenvalue weighted by Gasteiger charge is 2.08. The van der Waals surface area contributed by atoms with Crippen LogP contribution in [0.3, 0.4) is 0 Å². The van der Waals surface area contributed by atoms with E-state index in [0.717, 1.165) is 5.56 Å². The Morgan fingerprint density at radius 2 is 2.19 bits per heavy atom. The average Bonchev–Trinajstić information content (AvgIpc) is 2.30. The summed E-state index contributed by atoms with van der Waals surface area (Å²) in [5.41, 5.74) is 1.08. The first-order chi connectivity index (χ1) is 7.74. The van der Waals surface area contributed by atoms with E-state index in [1.165, 1.54) is 11.8 Å². The molecular formula is C12H14N2OS. The smallest absolute Gasteiger partial charge is 0.230 e. The van der Waals surface area contributed by atoms with Gasteiger partial charge in [0.1, 0.15) is 0 Å². The first-order valence-corrected chi connectivity index (χ1v) is 6.18. The van der Waals surface area contributed by atoms with Gasteiger partial charge in [-0.1, -0.05) is 30.3 Å². The number of amides is 1. The number of carbonyl (C=O) groups excluding carboxylic acids is 1. The number of nitriles is 1. The SMILES string of the molecule is C[C@H](NC(=O)CSCC#N)c1ccccc1. The van der Waals surface area contributed by atoms with E-state index in [1.807, 2.05) is 43.3 Å². The number of hydrogen-bond acceptors (Lipinski definition) is 3. The molecule has 0 aliphatic rings. The van der Waals surface area contributed by atoms with Crippen LogP contribution in [0.15, 0.2) is 30.3 Å². The van der Waals surface area contributed by atoms with Crippen molar-refractivity contribution in [3.8, 4) is 6.07 Å². The van der Waals surface area contributed by atoms with Crippen molar-refractivity contribution in [1.82, 2.24) is 5.32 Å². The van der Waals surface area contributed by atoms with Crippen LogP contribution in [0.4, 0.5) is 0 Å². The summed E-state index contributed by atoms with van der Waals surface area (Å²) < 4.78 is 0. The molecule has 1 aromatic rings. The van der Waals surface area contributed by atoms with Gasteiger partial charge in [-0.05, 0) is 12.5 Å². The van der Waals surface area contributed by atoms with Gasteiger partial charge in [-0.25, -0.2) is 0 Å². The highest BCUT2D eigenvalue weighted by Crippen LogP contribution is 2.11. The monoisotopic (exact) mass is 234 g/mol. The van der Waals surface area contributed by atoms with E-state index in [0.29, 0.717) is 11.5 Å². The molecule has 0 heterocycles. The summed E-state index contributed by atoms with van der Waals surface area (Å²) in [5, 5.41) is 11.2. The van der Waals surface area contributed by atoms with Crippen molar-refractivity contribution >= 4 is 17.7 Å². The Morgan fingerprint density at radius 1 is 1.50 bits per heavy atom. The molecule has 3 nitrogen and oxygen atoms in total. The zero-order valence-corrected chi connectivity index (χ0v) is 9.96. The summed E-state index contributed by atoms with van der Waals surface area (Å²) in [5.74, 6) is 0.661. The third-order valence-electron chi connectivity index (χ3n) is 2.08. The van der Waals surface area contributed by atoms with Crippen molar-refractivity contribution < 1.29 is 4.79 Å². The Hall–Kier alpha value is -1.47. The van der Waals surface area contributed by atoms with Crippen molar-refractivity contribution in [1.29, 1.82) is 5.26 Å². The largest absolute Gasteiger partial charge is 0.349 e. The minimum atomic E-state index is -0.0309. The Kier molecular flexibility index (Phi) is 5.44. The Bertz CT molecular complexity index is 372. The number of nitrogens with one attached hydrogen (secondary N) is 1. The summed E-state index contributed by atoms with van der Waals surface area (Å²) in [4.78, 5) is 11.5. The van der Waals surface area contributed by atoms with Gasteiger partial charge in [0.05, 0.1) is 23.6 Å². The second-order valence-electron chi connectivity index (χ2n) is 3.35. The van der Waals surface area contributed by atoms with Crippen LogP contribution in [0.25, 0.3) is 0 Å². The third kappa shape index (κ3) is 4.37. The number of nitrogens with zero attached hydrogens (tertiary/aromatic N) is 1. The normalized spacial score (nSPS) is 11.5. The van der Waals surface area contributed by atoms with E-state index in [2.05, 4.69) is 5.32 Å². The van der Waals surface area contributed by atoms with Gasteiger partial charge < -0.3 is 5.32 Å². The van der Waals surface area contributed by atoms with Gasteiger partial charge in [0.2, 0.25) is 5.91 Å². The van der Waals surface area contributed by atoms with Crippen LogP contribution in [0.2, 0.25) is 0 Å². The molecule has 1 amide bonds. The lowest BCUT2D eigenvalue weighted by molar-refractivity contribution is -0.119. The van der Waals surface area contributed by atoms with Crippen LogP contribution < -0.4 is 5.32 Å². The molecule has 0 aromatic heterocycles. The number of hydrogen-bond donors (Lipinski definition) is 1. The van der Waals surface area contributed by atoms with E-state index >= 15 is 0 Å². The molecule has 84 valence electrons. The molecule has 0 aliphatic carbocycles. The van der Waals surface area contributed by atoms with Gasteiger partial charge in [0, 0.05) is 0 Å². The topological polar surface area (TPSA) is 52.9 Å². The molecule has 1 N–H and O–H groups in total. The molecule has 0 spiro atoms. The van der Waals surface area contributed by atoms with Gasteiger partial charge in [0.15, 0.2) is 0 Å². The van der Waals surface area contributed by atoms with E-state index < -0.39 is 0 Å². The molecule has 0 unspecified atom stereocenters. The zero-order chi connectivity index (χ0) is 11.8. The molecule has 16 heavy (non-hydrogen) atoms. The molecule has 0 radical (unpaired) electrons. The third-order valence-corrected chi connectivity index (χ3v) is 2.88. The second-order valence-corrected chi connectivity index (χ2v) is 4.34. The second kappa shape index (κ2) is 6.91. The maximum absolute atomic E-state index is 11.5. The van der Waals surface area contributed by atoms with E-state index in [9.17, 15) is 4.79 Å². The van der Waals surface area contributed by atoms with Crippen molar-refractivity contribution in [2.75, 3.05) is 11.5 Å². The highest BCUT2D eigenvalue weighted by atomic mass is 32.2. The van der Waals surface area contributed by atoms with Crippen LogP contribution in [-0.2, 0) is 4.79 Å². The summed E-state index contributed by atoms with van der Waals surface area (Å²) in [6.07, 6.45) is 0.